The monoisotopic (exact) mass is 346 g/mol. The van der Waals surface area contributed by atoms with E-state index in [9.17, 15) is 4.79 Å². The molecule has 0 aliphatic carbocycles. The van der Waals surface area contributed by atoms with Gasteiger partial charge in [0.05, 0.1) is 11.3 Å². The fourth-order valence-corrected chi connectivity index (χ4v) is 3.03. The van der Waals surface area contributed by atoms with E-state index in [1.165, 1.54) is 5.39 Å². The number of hydrogen-bond donors (Lipinski definition) is 1. The molecule has 7 nitrogen and oxygen atoms in total. The summed E-state index contributed by atoms with van der Waals surface area (Å²) in [6.07, 6.45) is 2.04. The van der Waals surface area contributed by atoms with Crippen molar-refractivity contribution in [3.63, 3.8) is 0 Å². The number of nitrogens with zero attached hydrogens (tertiary/aromatic N) is 5. The van der Waals surface area contributed by atoms with E-state index in [1.54, 1.807) is 17.7 Å². The molecule has 0 aliphatic heterocycles. The number of aromatic nitrogens is 5. The molecule has 0 saturated heterocycles. The normalized spacial score (nSPS) is 11.0. The number of aryl methyl sites for hydroxylation is 1. The zero-order valence-corrected chi connectivity index (χ0v) is 14.3. The number of carbonyl (C=O) groups excluding carboxylic acids is 1. The van der Waals surface area contributed by atoms with Gasteiger partial charge < -0.3 is 9.88 Å². The number of tetrazole rings is 1. The number of benzene rings is 2. The number of para-hydroxylation sites is 2. The topological polar surface area (TPSA) is 77.6 Å². The standard InChI is InChI=1S/C19H18N6O/c1-14-21-22-23-25(14)18-9-5-3-7-16(18)19(26)20-11-13-24-12-10-15-6-2-4-8-17(15)24/h2-10,12H,11,13H2,1H3,(H,20,26). The van der Waals surface area contributed by atoms with Gasteiger partial charge in [-0.15, -0.1) is 5.10 Å². The zero-order chi connectivity index (χ0) is 17.9. The van der Waals surface area contributed by atoms with Crippen molar-refractivity contribution in [2.45, 2.75) is 13.5 Å². The molecular formula is C19H18N6O. The molecule has 0 aliphatic rings. The van der Waals surface area contributed by atoms with Crippen molar-refractivity contribution in [3.8, 4) is 5.69 Å². The minimum absolute atomic E-state index is 0.146. The lowest BCUT2D eigenvalue weighted by Crippen LogP contribution is -2.28. The molecule has 0 fully saturated rings. The summed E-state index contributed by atoms with van der Waals surface area (Å²) in [5.41, 5.74) is 2.37. The van der Waals surface area contributed by atoms with Gasteiger partial charge in [-0.1, -0.05) is 30.3 Å². The molecule has 0 unspecified atom stereocenters. The maximum absolute atomic E-state index is 12.7. The Morgan fingerprint density at radius 3 is 2.73 bits per heavy atom. The lowest BCUT2D eigenvalue weighted by Gasteiger charge is -2.11. The van der Waals surface area contributed by atoms with E-state index >= 15 is 0 Å². The quantitative estimate of drug-likeness (QED) is 0.602. The van der Waals surface area contributed by atoms with Crippen LogP contribution in [0.3, 0.4) is 0 Å². The van der Waals surface area contributed by atoms with Crippen LogP contribution in [0.2, 0.25) is 0 Å². The molecule has 0 radical (unpaired) electrons. The maximum atomic E-state index is 12.7. The Bertz CT molecular complexity index is 1060. The highest BCUT2D eigenvalue weighted by atomic mass is 16.1. The molecule has 7 heteroatoms. The molecule has 4 rings (SSSR count). The lowest BCUT2D eigenvalue weighted by molar-refractivity contribution is 0.0952. The second kappa shape index (κ2) is 6.79. The minimum Gasteiger partial charge on any atom is -0.350 e. The molecule has 4 aromatic rings. The van der Waals surface area contributed by atoms with Crippen molar-refractivity contribution >= 4 is 16.8 Å². The predicted molar refractivity (Wildman–Crippen MR) is 98.2 cm³/mol. The first kappa shape index (κ1) is 16.0. The summed E-state index contributed by atoms with van der Waals surface area (Å²) in [4.78, 5) is 12.7. The molecule has 2 aromatic carbocycles. The number of hydrogen-bond acceptors (Lipinski definition) is 4. The van der Waals surface area contributed by atoms with Crippen molar-refractivity contribution in [1.82, 2.24) is 30.1 Å². The lowest BCUT2D eigenvalue weighted by atomic mass is 10.1. The Hall–Kier alpha value is -3.48. The van der Waals surface area contributed by atoms with Crippen LogP contribution in [0.1, 0.15) is 16.2 Å². The molecule has 1 amide bonds. The van der Waals surface area contributed by atoms with Crippen LogP contribution in [0, 0.1) is 6.92 Å². The van der Waals surface area contributed by atoms with E-state index in [1.807, 2.05) is 36.5 Å². The smallest absolute Gasteiger partial charge is 0.253 e. The van der Waals surface area contributed by atoms with Crippen LogP contribution in [0.4, 0.5) is 0 Å². The number of fused-ring (bicyclic) bond motifs is 1. The van der Waals surface area contributed by atoms with Crippen LogP contribution in [0.15, 0.2) is 60.8 Å². The van der Waals surface area contributed by atoms with E-state index in [0.717, 1.165) is 5.52 Å². The van der Waals surface area contributed by atoms with Crippen molar-refractivity contribution in [1.29, 1.82) is 0 Å². The van der Waals surface area contributed by atoms with E-state index in [-0.39, 0.29) is 5.91 Å². The summed E-state index contributed by atoms with van der Waals surface area (Å²) in [6.45, 7) is 3.03. The average Bonchev–Trinajstić information content (AvgIpc) is 3.28. The number of carbonyl (C=O) groups is 1. The Kier molecular flexibility index (Phi) is 4.18. The van der Waals surface area contributed by atoms with Crippen molar-refractivity contribution in [3.05, 3.63) is 72.2 Å². The molecule has 2 aromatic heterocycles. The summed E-state index contributed by atoms with van der Waals surface area (Å²) >= 11 is 0. The molecule has 0 saturated carbocycles. The molecule has 0 atom stereocenters. The Morgan fingerprint density at radius 2 is 1.88 bits per heavy atom. The molecule has 1 N–H and O–H groups in total. The van der Waals surface area contributed by atoms with Crippen LogP contribution >= 0.6 is 0 Å². The first-order chi connectivity index (χ1) is 12.7. The number of rotatable bonds is 5. The van der Waals surface area contributed by atoms with Gasteiger partial charge in [0.15, 0.2) is 5.82 Å². The van der Waals surface area contributed by atoms with Gasteiger partial charge in [0.2, 0.25) is 0 Å². The van der Waals surface area contributed by atoms with Gasteiger partial charge >= 0.3 is 0 Å². The second-order valence-corrected chi connectivity index (χ2v) is 5.98. The Labute approximate surface area is 150 Å². The largest absolute Gasteiger partial charge is 0.350 e. The molecule has 130 valence electrons. The predicted octanol–water partition coefficient (Wildman–Crippen LogP) is 2.36. The van der Waals surface area contributed by atoms with Gasteiger partial charge in [-0.25, -0.2) is 0 Å². The van der Waals surface area contributed by atoms with E-state index in [4.69, 9.17) is 0 Å². The highest BCUT2D eigenvalue weighted by molar-refractivity contribution is 5.97. The summed E-state index contributed by atoms with van der Waals surface area (Å²) in [6, 6.07) is 17.6. The first-order valence-electron chi connectivity index (χ1n) is 8.40. The number of amides is 1. The van der Waals surface area contributed by atoms with E-state index in [2.05, 4.69) is 43.6 Å². The van der Waals surface area contributed by atoms with Gasteiger partial charge in [-0.05, 0) is 47.0 Å². The van der Waals surface area contributed by atoms with Crippen molar-refractivity contribution < 1.29 is 4.79 Å². The summed E-state index contributed by atoms with van der Waals surface area (Å²) in [7, 11) is 0. The van der Waals surface area contributed by atoms with E-state index in [0.29, 0.717) is 30.2 Å². The summed E-state index contributed by atoms with van der Waals surface area (Å²) < 4.78 is 3.70. The van der Waals surface area contributed by atoms with E-state index < -0.39 is 0 Å². The van der Waals surface area contributed by atoms with Gasteiger partial charge in [0.25, 0.3) is 5.91 Å². The SMILES string of the molecule is Cc1nnnn1-c1ccccc1C(=O)NCCn1ccc2ccccc21. The van der Waals surface area contributed by atoms with Crippen LogP contribution in [0.5, 0.6) is 0 Å². The molecule has 0 spiro atoms. The third-order valence-corrected chi connectivity index (χ3v) is 4.32. The van der Waals surface area contributed by atoms with Crippen molar-refractivity contribution in [2.75, 3.05) is 6.54 Å². The summed E-state index contributed by atoms with van der Waals surface area (Å²) in [5.74, 6) is 0.482. The zero-order valence-electron chi connectivity index (χ0n) is 14.3. The highest BCUT2D eigenvalue weighted by Crippen LogP contribution is 2.16. The molecule has 0 bridgehead atoms. The van der Waals surface area contributed by atoms with Crippen LogP contribution in [-0.4, -0.2) is 37.2 Å². The second-order valence-electron chi connectivity index (χ2n) is 5.98. The number of nitrogens with one attached hydrogen (secondary N) is 1. The van der Waals surface area contributed by atoms with Crippen molar-refractivity contribution in [2.24, 2.45) is 0 Å². The fourth-order valence-electron chi connectivity index (χ4n) is 3.03. The van der Waals surface area contributed by atoms with Crippen LogP contribution < -0.4 is 5.32 Å². The van der Waals surface area contributed by atoms with Gasteiger partial charge in [0.1, 0.15) is 0 Å². The summed E-state index contributed by atoms with van der Waals surface area (Å²) in [5, 5.41) is 15.7. The highest BCUT2D eigenvalue weighted by Gasteiger charge is 2.14. The minimum atomic E-state index is -0.146. The Morgan fingerprint density at radius 1 is 1.08 bits per heavy atom. The van der Waals surface area contributed by atoms with Crippen LogP contribution in [0.25, 0.3) is 16.6 Å². The van der Waals surface area contributed by atoms with Gasteiger partial charge in [0, 0.05) is 24.8 Å². The Balaban J connectivity index is 1.48. The maximum Gasteiger partial charge on any atom is 0.253 e. The molecule has 26 heavy (non-hydrogen) atoms. The third kappa shape index (κ3) is 2.95. The molecular weight excluding hydrogens is 328 g/mol. The van der Waals surface area contributed by atoms with Crippen LogP contribution in [-0.2, 0) is 6.54 Å². The third-order valence-electron chi connectivity index (χ3n) is 4.32. The van der Waals surface area contributed by atoms with Gasteiger partial charge in [-0.3, -0.25) is 4.79 Å². The fraction of sp³-hybridized carbons (Fsp3) is 0.158. The molecule has 2 heterocycles. The first-order valence-corrected chi connectivity index (χ1v) is 8.40. The average molecular weight is 346 g/mol. The van der Waals surface area contributed by atoms with Gasteiger partial charge in [-0.2, -0.15) is 4.68 Å².